The van der Waals surface area contributed by atoms with Crippen LogP contribution in [0.1, 0.15) is 40.4 Å². The minimum atomic E-state index is -4.40. The third-order valence-electron chi connectivity index (χ3n) is 5.25. The third-order valence-corrected chi connectivity index (χ3v) is 5.25. The Labute approximate surface area is 166 Å². The van der Waals surface area contributed by atoms with E-state index in [1.54, 1.807) is 19.9 Å². The van der Waals surface area contributed by atoms with Gasteiger partial charge in [0.1, 0.15) is 6.54 Å². The Morgan fingerprint density at radius 2 is 2.03 bits per heavy atom. The highest BCUT2D eigenvalue weighted by molar-refractivity contribution is 5.83. The molecule has 1 aromatic heterocycles. The van der Waals surface area contributed by atoms with Gasteiger partial charge in [-0.1, -0.05) is 18.2 Å². The number of nitrogens with one attached hydrogen (secondary N) is 1. The van der Waals surface area contributed by atoms with E-state index in [-0.39, 0.29) is 30.8 Å². The zero-order valence-corrected chi connectivity index (χ0v) is 16.3. The summed E-state index contributed by atoms with van der Waals surface area (Å²) in [6.07, 6.45) is -3.88. The molecule has 0 saturated heterocycles. The van der Waals surface area contributed by atoms with Gasteiger partial charge in [0.05, 0.1) is 18.4 Å². The average Bonchev–Trinajstić information content (AvgIpc) is 3.42. The Balaban J connectivity index is 1.61. The number of ether oxygens (including phenoxy) is 1. The number of aromatic nitrogens is 2. The summed E-state index contributed by atoms with van der Waals surface area (Å²) < 4.78 is 44.8. The van der Waals surface area contributed by atoms with Gasteiger partial charge in [-0.05, 0) is 37.8 Å². The van der Waals surface area contributed by atoms with Gasteiger partial charge in [0, 0.05) is 23.7 Å². The summed E-state index contributed by atoms with van der Waals surface area (Å²) in [6.45, 7) is 3.80. The molecule has 3 rings (SSSR count). The molecule has 9 heteroatoms. The number of halogens is 3. The standard InChI is InChI=1S/C20H22F3N3O3/c1-11-17(12(2)26(25-11)10-18(27)29-3)9-24-19(28)16-8-15(16)13-5-4-6-14(7-13)20(21,22)23/h4-7,15-16H,8-10H2,1-3H3,(H,24,28)/t15-,16+/m0/s1. The van der Waals surface area contributed by atoms with E-state index in [4.69, 9.17) is 0 Å². The quantitative estimate of drug-likeness (QED) is 0.744. The van der Waals surface area contributed by atoms with Crippen LogP contribution in [0.3, 0.4) is 0 Å². The maximum Gasteiger partial charge on any atom is 0.416 e. The monoisotopic (exact) mass is 409 g/mol. The van der Waals surface area contributed by atoms with E-state index in [0.717, 1.165) is 23.4 Å². The van der Waals surface area contributed by atoms with Crippen molar-refractivity contribution in [3.05, 3.63) is 52.3 Å². The molecule has 1 saturated carbocycles. The first-order valence-corrected chi connectivity index (χ1v) is 9.16. The predicted octanol–water partition coefficient (Wildman–Crippen LogP) is 3.11. The molecule has 0 unspecified atom stereocenters. The fourth-order valence-corrected chi connectivity index (χ4v) is 3.44. The molecule has 2 atom stereocenters. The first-order valence-electron chi connectivity index (χ1n) is 9.16. The van der Waals surface area contributed by atoms with E-state index >= 15 is 0 Å². The number of hydrogen-bond donors (Lipinski definition) is 1. The lowest BCUT2D eigenvalue weighted by Gasteiger charge is -2.09. The molecule has 1 aliphatic carbocycles. The fraction of sp³-hybridized carbons (Fsp3) is 0.450. The summed E-state index contributed by atoms with van der Waals surface area (Å²) in [5.41, 5.74) is 2.07. The van der Waals surface area contributed by atoms with Crippen molar-refractivity contribution in [1.29, 1.82) is 0 Å². The normalized spacial score (nSPS) is 18.4. The molecule has 0 spiro atoms. The molecule has 29 heavy (non-hydrogen) atoms. The van der Waals surface area contributed by atoms with Crippen LogP contribution < -0.4 is 5.32 Å². The van der Waals surface area contributed by atoms with E-state index in [0.29, 0.717) is 17.7 Å². The van der Waals surface area contributed by atoms with Gasteiger partial charge in [-0.15, -0.1) is 0 Å². The van der Waals surface area contributed by atoms with E-state index in [2.05, 4.69) is 15.2 Å². The zero-order chi connectivity index (χ0) is 21.3. The van der Waals surface area contributed by atoms with Gasteiger partial charge in [-0.2, -0.15) is 18.3 Å². The van der Waals surface area contributed by atoms with E-state index in [1.807, 2.05) is 0 Å². The van der Waals surface area contributed by atoms with Gasteiger partial charge in [-0.3, -0.25) is 14.3 Å². The molecule has 0 radical (unpaired) electrons. The van der Waals surface area contributed by atoms with Gasteiger partial charge < -0.3 is 10.1 Å². The molecular weight excluding hydrogens is 387 g/mol. The van der Waals surface area contributed by atoms with Crippen LogP contribution in [0.5, 0.6) is 0 Å². The van der Waals surface area contributed by atoms with Crippen LogP contribution in [0.4, 0.5) is 13.2 Å². The minimum absolute atomic E-state index is 0.0165. The van der Waals surface area contributed by atoms with Gasteiger partial charge in [0.2, 0.25) is 5.91 Å². The molecule has 6 nitrogen and oxygen atoms in total. The van der Waals surface area contributed by atoms with Crippen LogP contribution in [-0.4, -0.2) is 28.8 Å². The van der Waals surface area contributed by atoms with E-state index < -0.39 is 17.7 Å². The maximum absolute atomic E-state index is 12.9. The number of carbonyl (C=O) groups excluding carboxylic acids is 2. The number of benzene rings is 1. The van der Waals surface area contributed by atoms with Gasteiger partial charge in [0.25, 0.3) is 0 Å². The van der Waals surface area contributed by atoms with Crippen molar-refractivity contribution in [2.45, 2.75) is 45.5 Å². The van der Waals surface area contributed by atoms with Crippen molar-refractivity contribution in [2.24, 2.45) is 5.92 Å². The van der Waals surface area contributed by atoms with Crippen LogP contribution in [0.15, 0.2) is 24.3 Å². The number of esters is 1. The second-order valence-electron chi connectivity index (χ2n) is 7.17. The molecular formula is C20H22F3N3O3. The van der Waals surface area contributed by atoms with Crippen LogP contribution in [0, 0.1) is 19.8 Å². The number of carbonyl (C=O) groups is 2. The average molecular weight is 409 g/mol. The largest absolute Gasteiger partial charge is 0.468 e. The summed E-state index contributed by atoms with van der Waals surface area (Å²) in [4.78, 5) is 23.9. The molecule has 156 valence electrons. The topological polar surface area (TPSA) is 73.2 Å². The molecule has 1 N–H and O–H groups in total. The van der Waals surface area contributed by atoms with Crippen LogP contribution in [-0.2, 0) is 33.6 Å². The first-order chi connectivity index (χ1) is 13.6. The van der Waals surface area contributed by atoms with Crippen molar-refractivity contribution in [1.82, 2.24) is 15.1 Å². The lowest BCUT2D eigenvalue weighted by atomic mass is 10.1. The number of rotatable bonds is 6. The second kappa shape index (κ2) is 7.88. The molecule has 0 aliphatic heterocycles. The summed E-state index contributed by atoms with van der Waals surface area (Å²) in [5.74, 6) is -1.18. The summed E-state index contributed by atoms with van der Waals surface area (Å²) in [6, 6.07) is 5.13. The van der Waals surface area contributed by atoms with Crippen molar-refractivity contribution < 1.29 is 27.5 Å². The lowest BCUT2D eigenvalue weighted by molar-refractivity contribution is -0.141. The number of alkyl halides is 3. The SMILES string of the molecule is COC(=O)Cn1nc(C)c(CNC(=O)[C@@H]2C[C@H]2c2cccc(C(F)(F)F)c2)c1C. The molecule has 2 aromatic rings. The van der Waals surface area contributed by atoms with Crippen LogP contribution in [0.2, 0.25) is 0 Å². The fourth-order valence-electron chi connectivity index (χ4n) is 3.44. The molecule has 0 bridgehead atoms. The van der Waals surface area contributed by atoms with E-state index in [9.17, 15) is 22.8 Å². The van der Waals surface area contributed by atoms with Crippen molar-refractivity contribution in [2.75, 3.05) is 7.11 Å². The first kappa shape index (κ1) is 20.9. The number of amides is 1. The molecule has 1 aliphatic rings. The highest BCUT2D eigenvalue weighted by Gasteiger charge is 2.44. The number of nitrogens with zero attached hydrogens (tertiary/aromatic N) is 2. The second-order valence-corrected chi connectivity index (χ2v) is 7.17. The smallest absolute Gasteiger partial charge is 0.416 e. The van der Waals surface area contributed by atoms with Gasteiger partial charge >= 0.3 is 12.1 Å². The van der Waals surface area contributed by atoms with Crippen molar-refractivity contribution >= 4 is 11.9 Å². The maximum atomic E-state index is 12.9. The lowest BCUT2D eigenvalue weighted by Crippen LogP contribution is -2.25. The number of methoxy groups -OCH3 is 1. The van der Waals surface area contributed by atoms with Crippen LogP contribution in [0.25, 0.3) is 0 Å². The van der Waals surface area contributed by atoms with Crippen molar-refractivity contribution in [3.8, 4) is 0 Å². The third kappa shape index (κ3) is 4.60. The number of hydrogen-bond acceptors (Lipinski definition) is 4. The Hall–Kier alpha value is -2.84. The highest BCUT2D eigenvalue weighted by atomic mass is 19.4. The molecule has 1 heterocycles. The summed E-state index contributed by atoms with van der Waals surface area (Å²) in [7, 11) is 1.30. The summed E-state index contributed by atoms with van der Waals surface area (Å²) >= 11 is 0. The number of aryl methyl sites for hydroxylation is 1. The Morgan fingerprint density at radius 1 is 1.31 bits per heavy atom. The zero-order valence-electron chi connectivity index (χ0n) is 16.3. The Kier molecular flexibility index (Phi) is 5.68. The predicted molar refractivity (Wildman–Crippen MR) is 97.9 cm³/mol. The highest BCUT2D eigenvalue weighted by Crippen LogP contribution is 2.48. The Morgan fingerprint density at radius 3 is 2.69 bits per heavy atom. The van der Waals surface area contributed by atoms with Crippen LogP contribution >= 0.6 is 0 Å². The summed E-state index contributed by atoms with van der Waals surface area (Å²) in [5, 5.41) is 7.13. The van der Waals surface area contributed by atoms with Crippen molar-refractivity contribution in [3.63, 3.8) is 0 Å². The van der Waals surface area contributed by atoms with Gasteiger partial charge in [0.15, 0.2) is 0 Å². The Bertz CT molecular complexity index is 937. The molecule has 1 aromatic carbocycles. The van der Waals surface area contributed by atoms with E-state index in [1.165, 1.54) is 17.9 Å². The van der Waals surface area contributed by atoms with Gasteiger partial charge in [-0.25, -0.2) is 0 Å². The minimum Gasteiger partial charge on any atom is -0.468 e. The molecule has 1 amide bonds. The molecule has 1 fully saturated rings.